The number of carboxylic acid groups (broad SMARTS) is 1. The molecular formula is C17H22N2O4. The van der Waals surface area contributed by atoms with Crippen LogP contribution in [0.1, 0.15) is 38.2 Å². The number of rotatable bonds is 7. The van der Waals surface area contributed by atoms with Crippen LogP contribution < -0.4 is 5.32 Å². The molecule has 6 nitrogen and oxygen atoms in total. The zero-order valence-corrected chi connectivity index (χ0v) is 13.2. The van der Waals surface area contributed by atoms with Gasteiger partial charge in [-0.1, -0.05) is 30.3 Å². The molecule has 0 spiro atoms. The largest absolute Gasteiger partial charge is 0.480 e. The van der Waals surface area contributed by atoms with E-state index in [1.165, 1.54) is 6.92 Å². The van der Waals surface area contributed by atoms with Gasteiger partial charge in [-0.3, -0.25) is 9.59 Å². The summed E-state index contributed by atoms with van der Waals surface area (Å²) in [6.07, 6.45) is 1.84. The van der Waals surface area contributed by atoms with E-state index < -0.39 is 11.5 Å². The van der Waals surface area contributed by atoms with Crippen molar-refractivity contribution in [1.29, 1.82) is 0 Å². The van der Waals surface area contributed by atoms with Crippen LogP contribution in [-0.4, -0.2) is 39.9 Å². The minimum absolute atomic E-state index is 0.0987. The Bertz CT molecular complexity index is 582. The summed E-state index contributed by atoms with van der Waals surface area (Å²) in [4.78, 5) is 36.6. The molecule has 0 atom stereocenters. The van der Waals surface area contributed by atoms with Crippen LogP contribution in [0, 0.1) is 0 Å². The minimum Gasteiger partial charge on any atom is -0.480 e. The van der Waals surface area contributed by atoms with Crippen LogP contribution in [0.4, 0.5) is 0 Å². The molecule has 6 heteroatoms. The monoisotopic (exact) mass is 318 g/mol. The molecule has 0 aliphatic heterocycles. The Hall–Kier alpha value is -2.37. The summed E-state index contributed by atoms with van der Waals surface area (Å²) in [6.45, 7) is 2.17. The first-order chi connectivity index (χ1) is 10.9. The molecular weight excluding hydrogens is 296 g/mol. The first kappa shape index (κ1) is 17.0. The van der Waals surface area contributed by atoms with E-state index in [1.807, 2.05) is 30.3 Å². The Balaban J connectivity index is 1.87. The lowest BCUT2D eigenvalue weighted by Gasteiger charge is -2.38. The highest BCUT2D eigenvalue weighted by Gasteiger charge is 2.45. The number of hydrogen-bond acceptors (Lipinski definition) is 3. The predicted molar refractivity (Wildman–Crippen MR) is 84.5 cm³/mol. The number of carboxylic acids is 1. The number of aliphatic carboxylic acids is 1. The van der Waals surface area contributed by atoms with Gasteiger partial charge in [-0.25, -0.2) is 4.79 Å². The molecule has 1 aliphatic carbocycles. The molecule has 23 heavy (non-hydrogen) atoms. The second-order valence-electron chi connectivity index (χ2n) is 5.97. The minimum atomic E-state index is -1.10. The van der Waals surface area contributed by atoms with E-state index in [2.05, 4.69) is 5.32 Å². The van der Waals surface area contributed by atoms with E-state index in [0.29, 0.717) is 19.4 Å². The zero-order valence-electron chi connectivity index (χ0n) is 13.2. The van der Waals surface area contributed by atoms with Crippen LogP contribution in [0.15, 0.2) is 30.3 Å². The standard InChI is InChI=1S/C17H22N2O4/c1-13(20)19(12-14-6-3-2-4-7-14)11-8-15(21)18-17(16(22)23)9-5-10-17/h2-4,6-7H,5,8-12H2,1H3,(H,18,21)(H,22,23). The topological polar surface area (TPSA) is 86.7 Å². The Morgan fingerprint density at radius 3 is 2.35 bits per heavy atom. The third-order valence-electron chi connectivity index (χ3n) is 4.27. The third-order valence-corrected chi connectivity index (χ3v) is 4.27. The number of carbonyl (C=O) groups is 3. The molecule has 0 saturated heterocycles. The highest BCUT2D eigenvalue weighted by Crippen LogP contribution is 2.32. The third kappa shape index (κ3) is 4.31. The van der Waals surface area contributed by atoms with Gasteiger partial charge >= 0.3 is 5.97 Å². The van der Waals surface area contributed by atoms with Crippen molar-refractivity contribution in [2.24, 2.45) is 0 Å². The van der Waals surface area contributed by atoms with Gasteiger partial charge in [0.1, 0.15) is 5.54 Å². The molecule has 2 N–H and O–H groups in total. The summed E-state index contributed by atoms with van der Waals surface area (Å²) in [5.74, 6) is -1.42. The van der Waals surface area contributed by atoms with Crippen molar-refractivity contribution in [2.45, 2.75) is 44.7 Å². The van der Waals surface area contributed by atoms with Crippen molar-refractivity contribution in [3.05, 3.63) is 35.9 Å². The van der Waals surface area contributed by atoms with Gasteiger partial charge in [0.25, 0.3) is 0 Å². The maximum Gasteiger partial charge on any atom is 0.329 e. The van der Waals surface area contributed by atoms with E-state index in [0.717, 1.165) is 12.0 Å². The van der Waals surface area contributed by atoms with Gasteiger partial charge in [-0.15, -0.1) is 0 Å². The summed E-state index contributed by atoms with van der Waals surface area (Å²) in [7, 11) is 0. The predicted octanol–water partition coefficient (Wildman–Crippen LogP) is 1.55. The quantitative estimate of drug-likeness (QED) is 0.798. The fourth-order valence-electron chi connectivity index (χ4n) is 2.64. The van der Waals surface area contributed by atoms with Crippen LogP contribution in [0.5, 0.6) is 0 Å². The van der Waals surface area contributed by atoms with E-state index in [4.69, 9.17) is 0 Å². The molecule has 0 heterocycles. The van der Waals surface area contributed by atoms with Crippen LogP contribution in [-0.2, 0) is 20.9 Å². The van der Waals surface area contributed by atoms with Gasteiger partial charge in [0.2, 0.25) is 11.8 Å². The normalized spacial score (nSPS) is 15.3. The fourth-order valence-corrected chi connectivity index (χ4v) is 2.64. The van der Waals surface area contributed by atoms with Gasteiger partial charge in [0.05, 0.1) is 0 Å². The zero-order chi connectivity index (χ0) is 16.9. The molecule has 0 radical (unpaired) electrons. The summed E-state index contributed by atoms with van der Waals surface area (Å²) < 4.78 is 0. The molecule has 1 aromatic rings. The van der Waals surface area contributed by atoms with Crippen LogP contribution in [0.3, 0.4) is 0 Å². The lowest BCUT2D eigenvalue weighted by atomic mass is 9.76. The van der Waals surface area contributed by atoms with Gasteiger partial charge in [0, 0.05) is 26.4 Å². The van der Waals surface area contributed by atoms with Crippen molar-refractivity contribution < 1.29 is 19.5 Å². The van der Waals surface area contributed by atoms with Crippen molar-refractivity contribution >= 4 is 17.8 Å². The van der Waals surface area contributed by atoms with Gasteiger partial charge < -0.3 is 15.3 Å². The summed E-state index contributed by atoms with van der Waals surface area (Å²) in [6, 6.07) is 9.54. The molecule has 1 aliphatic rings. The molecule has 1 saturated carbocycles. The van der Waals surface area contributed by atoms with Gasteiger partial charge in [-0.2, -0.15) is 0 Å². The van der Waals surface area contributed by atoms with Crippen LogP contribution in [0.2, 0.25) is 0 Å². The number of amides is 2. The smallest absolute Gasteiger partial charge is 0.329 e. The van der Waals surface area contributed by atoms with Gasteiger partial charge in [0.15, 0.2) is 0 Å². The maximum absolute atomic E-state index is 12.0. The number of benzene rings is 1. The van der Waals surface area contributed by atoms with Crippen molar-refractivity contribution in [1.82, 2.24) is 10.2 Å². The second kappa shape index (κ2) is 7.26. The molecule has 1 fully saturated rings. The average molecular weight is 318 g/mol. The summed E-state index contributed by atoms with van der Waals surface area (Å²) >= 11 is 0. The van der Waals surface area contributed by atoms with E-state index >= 15 is 0 Å². The van der Waals surface area contributed by atoms with E-state index in [-0.39, 0.29) is 24.8 Å². The second-order valence-corrected chi connectivity index (χ2v) is 5.97. The number of hydrogen-bond donors (Lipinski definition) is 2. The highest BCUT2D eigenvalue weighted by molar-refractivity contribution is 5.88. The fraction of sp³-hybridized carbons (Fsp3) is 0.471. The molecule has 0 unspecified atom stereocenters. The lowest BCUT2D eigenvalue weighted by Crippen LogP contribution is -2.59. The summed E-state index contributed by atoms with van der Waals surface area (Å²) in [5.41, 5.74) is -0.110. The molecule has 124 valence electrons. The van der Waals surface area contributed by atoms with E-state index in [9.17, 15) is 19.5 Å². The highest BCUT2D eigenvalue weighted by atomic mass is 16.4. The Morgan fingerprint density at radius 2 is 1.87 bits per heavy atom. The average Bonchev–Trinajstić information content (AvgIpc) is 2.47. The van der Waals surface area contributed by atoms with Crippen LogP contribution in [0.25, 0.3) is 0 Å². The molecule has 0 aromatic heterocycles. The number of nitrogens with zero attached hydrogens (tertiary/aromatic N) is 1. The molecule has 2 rings (SSSR count). The Morgan fingerprint density at radius 1 is 1.22 bits per heavy atom. The van der Waals surface area contributed by atoms with Crippen molar-refractivity contribution in [3.8, 4) is 0 Å². The molecule has 0 bridgehead atoms. The van der Waals surface area contributed by atoms with Crippen molar-refractivity contribution in [2.75, 3.05) is 6.54 Å². The van der Waals surface area contributed by atoms with Gasteiger partial charge in [-0.05, 0) is 24.8 Å². The summed E-state index contributed by atoms with van der Waals surface area (Å²) in [5, 5.41) is 11.8. The van der Waals surface area contributed by atoms with Crippen molar-refractivity contribution in [3.63, 3.8) is 0 Å². The Kier molecular flexibility index (Phi) is 5.36. The molecule has 1 aromatic carbocycles. The lowest BCUT2D eigenvalue weighted by molar-refractivity contribution is -0.152. The molecule has 2 amide bonds. The first-order valence-electron chi connectivity index (χ1n) is 7.77. The number of nitrogens with one attached hydrogen (secondary N) is 1. The number of carbonyl (C=O) groups excluding carboxylic acids is 2. The Labute approximate surface area is 135 Å². The SMILES string of the molecule is CC(=O)N(CCC(=O)NC1(C(=O)O)CCC1)Cc1ccccc1. The van der Waals surface area contributed by atoms with Crippen LogP contribution >= 0.6 is 0 Å². The maximum atomic E-state index is 12.0. The first-order valence-corrected chi connectivity index (χ1v) is 7.77. The van der Waals surface area contributed by atoms with E-state index in [1.54, 1.807) is 4.90 Å².